The highest BCUT2D eigenvalue weighted by Gasteiger charge is 2.22. The topological polar surface area (TPSA) is 36.4 Å². The molecule has 0 radical (unpaired) electrons. The van der Waals surface area contributed by atoms with Crippen molar-refractivity contribution in [3.8, 4) is 0 Å². The second-order valence-corrected chi connectivity index (χ2v) is 5.55. The van der Waals surface area contributed by atoms with Gasteiger partial charge in [-0.2, -0.15) is 11.8 Å². The Bertz CT molecular complexity index is 389. The molecule has 1 fully saturated rings. The number of aliphatic hydroxyl groups excluding tert-OH is 1. The summed E-state index contributed by atoms with van der Waals surface area (Å²) in [6.45, 7) is 3.84. The van der Waals surface area contributed by atoms with E-state index in [-0.39, 0.29) is 6.61 Å². The maximum Gasteiger partial charge on any atom is 0.142 e. The van der Waals surface area contributed by atoms with Crippen LogP contribution < -0.4 is 4.90 Å². The number of hydrogen-bond acceptors (Lipinski definition) is 4. The van der Waals surface area contributed by atoms with Crippen LogP contribution in [0.5, 0.6) is 0 Å². The van der Waals surface area contributed by atoms with Crippen LogP contribution in [0.25, 0.3) is 0 Å². The van der Waals surface area contributed by atoms with Crippen molar-refractivity contribution in [3.05, 3.63) is 23.6 Å². The van der Waals surface area contributed by atoms with Crippen molar-refractivity contribution in [2.75, 3.05) is 23.7 Å². The number of halogens is 1. The molecule has 1 atom stereocenters. The minimum Gasteiger partial charge on any atom is -0.392 e. The molecule has 0 aliphatic carbocycles. The predicted octanol–water partition coefficient (Wildman–Crippen LogP) is 2.04. The molecule has 0 saturated carbocycles. The standard InChI is InChI=1S/C12H17FN2OS/c1-2-11-7-15(3-4-17-11)12-9(8-16)5-10(13)6-14-12/h5-6,11,16H,2-4,7-8H2,1H3. The molecule has 2 rings (SSSR count). The Labute approximate surface area is 105 Å². The molecule has 1 unspecified atom stereocenters. The fraction of sp³-hybridized carbons (Fsp3) is 0.583. The van der Waals surface area contributed by atoms with Gasteiger partial charge in [-0.15, -0.1) is 0 Å². The Morgan fingerprint density at radius 2 is 2.47 bits per heavy atom. The third kappa shape index (κ3) is 2.90. The van der Waals surface area contributed by atoms with Gasteiger partial charge < -0.3 is 10.0 Å². The fourth-order valence-corrected chi connectivity index (χ4v) is 3.21. The number of hydrogen-bond donors (Lipinski definition) is 1. The highest BCUT2D eigenvalue weighted by Crippen LogP contribution is 2.27. The van der Waals surface area contributed by atoms with Crippen LogP contribution in [0.15, 0.2) is 12.3 Å². The molecule has 1 aromatic heterocycles. The highest BCUT2D eigenvalue weighted by atomic mass is 32.2. The van der Waals surface area contributed by atoms with Crippen molar-refractivity contribution in [1.82, 2.24) is 4.98 Å². The van der Waals surface area contributed by atoms with Gasteiger partial charge in [-0.05, 0) is 12.5 Å². The van der Waals surface area contributed by atoms with E-state index >= 15 is 0 Å². The summed E-state index contributed by atoms with van der Waals surface area (Å²) >= 11 is 1.97. The van der Waals surface area contributed by atoms with Crippen LogP contribution in [-0.4, -0.2) is 34.2 Å². The number of pyridine rings is 1. The van der Waals surface area contributed by atoms with Crippen molar-refractivity contribution in [2.24, 2.45) is 0 Å². The Hall–Kier alpha value is -0.810. The largest absolute Gasteiger partial charge is 0.392 e. The minimum atomic E-state index is -0.392. The number of anilines is 1. The van der Waals surface area contributed by atoms with Gasteiger partial charge in [0.2, 0.25) is 0 Å². The van der Waals surface area contributed by atoms with Gasteiger partial charge in [-0.3, -0.25) is 0 Å². The van der Waals surface area contributed by atoms with E-state index in [2.05, 4.69) is 16.8 Å². The molecule has 0 amide bonds. The van der Waals surface area contributed by atoms with E-state index in [0.717, 1.165) is 31.1 Å². The average Bonchev–Trinajstić information content (AvgIpc) is 2.38. The number of aliphatic hydroxyl groups is 1. The van der Waals surface area contributed by atoms with Gasteiger partial charge in [-0.1, -0.05) is 6.92 Å². The summed E-state index contributed by atoms with van der Waals surface area (Å²) in [7, 11) is 0. The van der Waals surface area contributed by atoms with Gasteiger partial charge in [0.15, 0.2) is 0 Å². The van der Waals surface area contributed by atoms with Gasteiger partial charge in [0.25, 0.3) is 0 Å². The molecule has 0 spiro atoms. The quantitative estimate of drug-likeness (QED) is 0.898. The maximum atomic E-state index is 13.0. The third-order valence-electron chi connectivity index (χ3n) is 2.97. The van der Waals surface area contributed by atoms with Gasteiger partial charge in [0.05, 0.1) is 12.8 Å². The molecule has 1 aliphatic heterocycles. The van der Waals surface area contributed by atoms with E-state index in [1.54, 1.807) is 0 Å². The van der Waals surface area contributed by atoms with E-state index in [9.17, 15) is 9.50 Å². The highest BCUT2D eigenvalue weighted by molar-refractivity contribution is 8.00. The van der Waals surface area contributed by atoms with Crippen molar-refractivity contribution in [1.29, 1.82) is 0 Å². The summed E-state index contributed by atoms with van der Waals surface area (Å²) in [5, 5.41) is 9.86. The molecular weight excluding hydrogens is 239 g/mol. The molecule has 1 aliphatic rings. The lowest BCUT2D eigenvalue weighted by atomic mass is 10.2. The van der Waals surface area contributed by atoms with E-state index in [0.29, 0.717) is 10.8 Å². The number of aromatic nitrogens is 1. The van der Waals surface area contributed by atoms with Crippen molar-refractivity contribution in [3.63, 3.8) is 0 Å². The van der Waals surface area contributed by atoms with Crippen molar-refractivity contribution >= 4 is 17.6 Å². The van der Waals surface area contributed by atoms with E-state index in [1.807, 2.05) is 11.8 Å². The molecule has 17 heavy (non-hydrogen) atoms. The molecule has 1 N–H and O–H groups in total. The number of rotatable bonds is 3. The Morgan fingerprint density at radius 3 is 3.18 bits per heavy atom. The van der Waals surface area contributed by atoms with Gasteiger partial charge in [0.1, 0.15) is 11.6 Å². The molecule has 2 heterocycles. The van der Waals surface area contributed by atoms with Gasteiger partial charge >= 0.3 is 0 Å². The van der Waals surface area contributed by atoms with Crippen molar-refractivity contribution < 1.29 is 9.50 Å². The summed E-state index contributed by atoms with van der Waals surface area (Å²) in [5.74, 6) is 1.39. The lowest BCUT2D eigenvalue weighted by Gasteiger charge is -2.33. The molecule has 0 bridgehead atoms. The zero-order chi connectivity index (χ0) is 12.3. The van der Waals surface area contributed by atoms with Gasteiger partial charge in [-0.25, -0.2) is 9.37 Å². The summed E-state index contributed by atoms with van der Waals surface area (Å²) in [5.41, 5.74) is 0.576. The Balaban J connectivity index is 2.20. The van der Waals surface area contributed by atoms with Crippen LogP contribution in [0.2, 0.25) is 0 Å². The van der Waals surface area contributed by atoms with Crippen LogP contribution in [0.1, 0.15) is 18.9 Å². The first-order valence-corrected chi connectivity index (χ1v) is 6.91. The van der Waals surface area contributed by atoms with Gasteiger partial charge in [0, 0.05) is 29.7 Å². The van der Waals surface area contributed by atoms with Crippen LogP contribution in [0.3, 0.4) is 0 Å². The monoisotopic (exact) mass is 256 g/mol. The first kappa shape index (κ1) is 12.6. The van der Waals surface area contributed by atoms with Crippen LogP contribution in [0.4, 0.5) is 10.2 Å². The van der Waals surface area contributed by atoms with E-state index in [4.69, 9.17) is 0 Å². The smallest absolute Gasteiger partial charge is 0.142 e. The zero-order valence-electron chi connectivity index (χ0n) is 9.90. The molecule has 1 aromatic rings. The Morgan fingerprint density at radius 1 is 1.65 bits per heavy atom. The zero-order valence-corrected chi connectivity index (χ0v) is 10.7. The van der Waals surface area contributed by atoms with E-state index in [1.165, 1.54) is 12.3 Å². The summed E-state index contributed by atoms with van der Waals surface area (Å²) in [4.78, 5) is 6.27. The fourth-order valence-electron chi connectivity index (χ4n) is 2.03. The Kier molecular flexibility index (Phi) is 4.23. The average molecular weight is 256 g/mol. The summed E-state index contributed by atoms with van der Waals surface area (Å²) in [6.07, 6.45) is 2.34. The molecule has 5 heteroatoms. The normalized spacial score (nSPS) is 20.6. The molecular formula is C12H17FN2OS. The van der Waals surface area contributed by atoms with E-state index < -0.39 is 5.82 Å². The number of nitrogens with zero attached hydrogens (tertiary/aromatic N) is 2. The summed E-state index contributed by atoms with van der Waals surface area (Å²) < 4.78 is 13.0. The van der Waals surface area contributed by atoms with Crippen LogP contribution >= 0.6 is 11.8 Å². The maximum absolute atomic E-state index is 13.0. The lowest BCUT2D eigenvalue weighted by Crippen LogP contribution is -2.38. The second kappa shape index (κ2) is 5.69. The molecule has 0 aromatic carbocycles. The summed E-state index contributed by atoms with van der Waals surface area (Å²) in [6, 6.07) is 1.37. The molecule has 94 valence electrons. The van der Waals surface area contributed by atoms with Crippen LogP contribution in [0, 0.1) is 5.82 Å². The van der Waals surface area contributed by atoms with Crippen LogP contribution in [-0.2, 0) is 6.61 Å². The molecule has 1 saturated heterocycles. The number of thioether (sulfide) groups is 1. The first-order valence-electron chi connectivity index (χ1n) is 5.86. The minimum absolute atomic E-state index is 0.166. The SMILES string of the molecule is CCC1CN(c2ncc(F)cc2CO)CCS1. The first-order chi connectivity index (χ1) is 8.24. The lowest BCUT2D eigenvalue weighted by molar-refractivity contribution is 0.281. The molecule has 3 nitrogen and oxygen atoms in total. The predicted molar refractivity (Wildman–Crippen MR) is 68.9 cm³/mol. The second-order valence-electron chi connectivity index (χ2n) is 4.14. The van der Waals surface area contributed by atoms with Crippen molar-refractivity contribution in [2.45, 2.75) is 25.2 Å². The third-order valence-corrected chi connectivity index (χ3v) is 4.35.